The first-order valence-electron chi connectivity index (χ1n) is 9.31. The fourth-order valence-electron chi connectivity index (χ4n) is 2.70. The molecule has 156 valence electrons. The molecule has 2 aromatic carbocycles. The second-order valence-electron chi connectivity index (χ2n) is 7.10. The van der Waals surface area contributed by atoms with Gasteiger partial charge in [-0.2, -0.15) is 0 Å². The van der Waals surface area contributed by atoms with E-state index in [0.717, 1.165) is 0 Å². The van der Waals surface area contributed by atoms with Gasteiger partial charge in [0.2, 0.25) is 0 Å². The summed E-state index contributed by atoms with van der Waals surface area (Å²) in [5.41, 5.74) is 6.75. The van der Waals surface area contributed by atoms with E-state index in [4.69, 9.17) is 25.1 Å². The number of carbonyl (C=O) groups excluding carboxylic acids is 1. The zero-order valence-electron chi connectivity index (χ0n) is 16.8. The van der Waals surface area contributed by atoms with E-state index in [2.05, 4.69) is 0 Å². The number of ether oxygens (including phenoxy) is 3. The minimum Gasteiger partial charge on any atom is -0.478 e. The average molecular weight is 401 g/mol. The van der Waals surface area contributed by atoms with Gasteiger partial charge in [0.05, 0.1) is 17.7 Å². The van der Waals surface area contributed by atoms with E-state index in [9.17, 15) is 9.59 Å². The second kappa shape index (κ2) is 10.2. The maximum atomic E-state index is 11.9. The van der Waals surface area contributed by atoms with Gasteiger partial charge in [-0.15, -0.1) is 0 Å². The van der Waals surface area contributed by atoms with E-state index in [1.165, 1.54) is 17.7 Å². The van der Waals surface area contributed by atoms with Crippen LogP contribution < -0.4 is 5.73 Å². The summed E-state index contributed by atoms with van der Waals surface area (Å²) in [5.74, 6) is -2.54. The molecule has 7 nitrogen and oxygen atoms in total. The van der Waals surface area contributed by atoms with Crippen LogP contribution in [-0.4, -0.2) is 42.1 Å². The molecule has 2 atom stereocenters. The summed E-state index contributed by atoms with van der Waals surface area (Å²) in [6.45, 7) is 5.88. The highest BCUT2D eigenvalue weighted by Gasteiger charge is 2.33. The molecule has 1 heterocycles. The Bertz CT molecular complexity index is 819. The fraction of sp³-hybridized carbons (Fsp3) is 0.364. The number of nitrogens with two attached hydrogens (primary N) is 1. The minimum atomic E-state index is -1.17. The number of hydrogen-bond acceptors (Lipinski definition) is 6. The monoisotopic (exact) mass is 401 g/mol. The van der Waals surface area contributed by atoms with Gasteiger partial charge >= 0.3 is 11.9 Å². The number of hydrogen-bond donors (Lipinski definition) is 2. The Hall–Kier alpha value is -2.74. The van der Waals surface area contributed by atoms with Crippen molar-refractivity contribution in [1.82, 2.24) is 0 Å². The predicted octanol–water partition coefficient (Wildman–Crippen LogP) is 3.40. The van der Waals surface area contributed by atoms with Crippen molar-refractivity contribution >= 4 is 11.9 Å². The first kappa shape index (κ1) is 22.5. The average Bonchev–Trinajstić information content (AvgIpc) is 3.06. The molecule has 1 fully saturated rings. The summed E-state index contributed by atoms with van der Waals surface area (Å²) in [4.78, 5) is 22.9. The highest BCUT2D eigenvalue weighted by molar-refractivity contribution is 6.02. The molecule has 1 aliphatic heterocycles. The molecule has 0 aliphatic carbocycles. The van der Waals surface area contributed by atoms with Gasteiger partial charge in [0, 0.05) is 6.04 Å². The van der Waals surface area contributed by atoms with Gasteiger partial charge < -0.3 is 25.1 Å². The van der Waals surface area contributed by atoms with Gasteiger partial charge in [0.25, 0.3) is 0 Å². The number of benzene rings is 2. The third-order valence-electron chi connectivity index (χ3n) is 4.17. The van der Waals surface area contributed by atoms with Crippen LogP contribution in [0.2, 0.25) is 0 Å². The molecule has 1 aliphatic rings. The molecule has 2 aromatic rings. The zero-order chi connectivity index (χ0) is 21.4. The van der Waals surface area contributed by atoms with Crippen LogP contribution in [0.1, 0.15) is 53.1 Å². The molecule has 3 N–H and O–H groups in total. The van der Waals surface area contributed by atoms with Crippen LogP contribution in [-0.2, 0) is 14.2 Å². The molecule has 0 amide bonds. The van der Waals surface area contributed by atoms with Crippen LogP contribution in [0, 0.1) is 0 Å². The van der Waals surface area contributed by atoms with Gasteiger partial charge in [0.1, 0.15) is 12.7 Å². The molecule has 7 heteroatoms. The summed E-state index contributed by atoms with van der Waals surface area (Å²) in [7, 11) is 0. The van der Waals surface area contributed by atoms with Crippen LogP contribution in [0.5, 0.6) is 0 Å². The Balaban J connectivity index is 0.000000278. The number of carboxylic acids is 1. The molecule has 1 saturated heterocycles. The first-order valence-corrected chi connectivity index (χ1v) is 9.31. The molecular formula is C22H27NO6. The lowest BCUT2D eigenvalue weighted by molar-refractivity contribution is -0.142. The highest BCUT2D eigenvalue weighted by atomic mass is 16.7. The van der Waals surface area contributed by atoms with Gasteiger partial charge in [-0.3, -0.25) is 0 Å². The van der Waals surface area contributed by atoms with Crippen molar-refractivity contribution in [2.24, 2.45) is 5.73 Å². The third kappa shape index (κ3) is 6.98. The lowest BCUT2D eigenvalue weighted by Gasteiger charge is -2.17. The smallest absolute Gasteiger partial charge is 0.339 e. The van der Waals surface area contributed by atoms with Crippen LogP contribution in [0.25, 0.3) is 0 Å². The first-order chi connectivity index (χ1) is 13.7. The highest BCUT2D eigenvalue weighted by Crippen LogP contribution is 2.22. The molecule has 0 aromatic heterocycles. The van der Waals surface area contributed by atoms with E-state index in [0.29, 0.717) is 6.61 Å². The summed E-state index contributed by atoms with van der Waals surface area (Å²) in [6.07, 6.45) is -0.342. The van der Waals surface area contributed by atoms with Gasteiger partial charge in [-0.25, -0.2) is 9.59 Å². The van der Waals surface area contributed by atoms with E-state index in [-0.39, 0.29) is 29.9 Å². The van der Waals surface area contributed by atoms with Crippen molar-refractivity contribution in [2.45, 2.75) is 38.7 Å². The van der Waals surface area contributed by atoms with Crippen LogP contribution in [0.4, 0.5) is 0 Å². The molecule has 0 spiro atoms. The summed E-state index contributed by atoms with van der Waals surface area (Å²) in [5, 5.41) is 9.01. The van der Waals surface area contributed by atoms with Crippen LogP contribution >= 0.6 is 0 Å². The topological polar surface area (TPSA) is 108 Å². The molecule has 3 rings (SSSR count). The molecule has 29 heavy (non-hydrogen) atoms. The number of aromatic carboxylic acids is 1. The van der Waals surface area contributed by atoms with Crippen LogP contribution in [0.3, 0.4) is 0 Å². The van der Waals surface area contributed by atoms with E-state index in [1.54, 1.807) is 26.0 Å². The van der Waals surface area contributed by atoms with Gasteiger partial charge in [0.15, 0.2) is 5.79 Å². The van der Waals surface area contributed by atoms with Crippen LogP contribution in [0.15, 0.2) is 54.6 Å². The lowest BCUT2D eigenvalue weighted by Crippen LogP contribution is -2.25. The summed E-state index contributed by atoms with van der Waals surface area (Å²) in [6, 6.07) is 16.1. The van der Waals surface area contributed by atoms with E-state index < -0.39 is 17.7 Å². The van der Waals surface area contributed by atoms with Crippen molar-refractivity contribution in [3.63, 3.8) is 0 Å². The zero-order valence-corrected chi connectivity index (χ0v) is 16.8. The Morgan fingerprint density at radius 1 is 1.14 bits per heavy atom. The Kier molecular flexibility index (Phi) is 7.90. The third-order valence-corrected chi connectivity index (χ3v) is 4.17. The predicted molar refractivity (Wildman–Crippen MR) is 108 cm³/mol. The second-order valence-corrected chi connectivity index (χ2v) is 7.10. The molecule has 0 unspecified atom stereocenters. The number of carboxylic acid groups (broad SMARTS) is 1. The minimum absolute atomic E-state index is 0.0240. The van der Waals surface area contributed by atoms with E-state index in [1.807, 2.05) is 37.3 Å². The normalized spacial score (nSPS) is 18.3. The number of carbonyl (C=O) groups is 2. The lowest BCUT2D eigenvalue weighted by atomic mass is 10.1. The van der Waals surface area contributed by atoms with Gasteiger partial charge in [-0.05, 0) is 38.5 Å². The van der Waals surface area contributed by atoms with Crippen molar-refractivity contribution in [1.29, 1.82) is 0 Å². The van der Waals surface area contributed by atoms with Crippen molar-refractivity contribution in [2.75, 3.05) is 13.2 Å². The summed E-state index contributed by atoms with van der Waals surface area (Å²) >= 11 is 0. The fourth-order valence-corrected chi connectivity index (χ4v) is 2.70. The molecule has 0 saturated carbocycles. The molecule has 0 radical (unpaired) electrons. The quantitative estimate of drug-likeness (QED) is 0.739. The van der Waals surface area contributed by atoms with Crippen molar-refractivity contribution in [3.05, 3.63) is 71.3 Å². The largest absolute Gasteiger partial charge is 0.478 e. The molecular weight excluding hydrogens is 374 g/mol. The Morgan fingerprint density at radius 3 is 2.21 bits per heavy atom. The van der Waals surface area contributed by atoms with Crippen molar-refractivity contribution in [3.8, 4) is 0 Å². The standard InChI is InChI=1S/C14H16O6.C8H11N/c1-14(2)19-8-9(20-14)7-18-13(17)11-6-4-3-5-10(11)12(15)16;1-7(9)8-5-3-2-4-6-8/h3-6,9H,7-8H2,1-2H3,(H,15,16);2-7H,9H2,1H3/t9-;7-/m10/s1. The maximum absolute atomic E-state index is 11.9. The Morgan fingerprint density at radius 2 is 1.72 bits per heavy atom. The summed E-state index contributed by atoms with van der Waals surface area (Å²) < 4.78 is 15.9. The Labute approximate surface area is 170 Å². The van der Waals surface area contributed by atoms with Crippen molar-refractivity contribution < 1.29 is 28.9 Å². The number of rotatable bonds is 5. The maximum Gasteiger partial charge on any atom is 0.339 e. The van der Waals surface area contributed by atoms with Gasteiger partial charge in [-0.1, -0.05) is 42.5 Å². The van der Waals surface area contributed by atoms with E-state index >= 15 is 0 Å². The number of esters is 1. The SMILES string of the molecule is CC1(C)OC[C@@H](COC(=O)c2ccccc2C(=O)O)O1.C[C@H](N)c1ccccc1. The molecule has 0 bridgehead atoms.